The van der Waals surface area contributed by atoms with Crippen LogP contribution in [-0.2, 0) is 14.3 Å². The summed E-state index contributed by atoms with van der Waals surface area (Å²) in [4.78, 5) is 37.9. The van der Waals surface area contributed by atoms with Gasteiger partial charge in [0.2, 0.25) is 0 Å². The Morgan fingerprint density at radius 1 is 0.941 bits per heavy atom. The molecule has 2 aromatic carbocycles. The summed E-state index contributed by atoms with van der Waals surface area (Å²) in [6, 6.07) is 15.4. The number of carbonyl (C=O) groups is 3. The normalized spacial score (nSPS) is 13.2. The van der Waals surface area contributed by atoms with Gasteiger partial charge >= 0.3 is 5.97 Å². The minimum absolute atomic E-state index is 0.394. The molecule has 0 aromatic heterocycles. The van der Waals surface area contributed by atoms with E-state index in [1.165, 1.54) is 7.11 Å². The second-order valence-corrected chi connectivity index (χ2v) is 8.04. The monoisotopic (exact) mass is 466 g/mol. The Labute approximate surface area is 201 Å². The van der Waals surface area contributed by atoms with Gasteiger partial charge in [0, 0.05) is 5.56 Å². The van der Waals surface area contributed by atoms with Crippen molar-refractivity contribution in [2.45, 2.75) is 56.7 Å². The molecule has 3 N–H and O–H groups in total. The standard InChI is InChI=1S/C27H34N2O5/c1-3-4-5-6-7-14-19-22(27(33)34-2)28-26(32)24(30)23(20-15-10-8-11-16-20)29-25(31)21-17-12-9-13-18-21/h3,8-13,15-18,22-24,30H,1,4-7,14,19H2,2H3,(H,28,32)(H,29,31)/t22-,23-,24+/m0/s1. The number of aliphatic hydroxyl groups excluding tert-OH is 1. The Morgan fingerprint density at radius 2 is 1.56 bits per heavy atom. The third kappa shape index (κ3) is 8.48. The predicted molar refractivity (Wildman–Crippen MR) is 131 cm³/mol. The Kier molecular flexibility index (Phi) is 11.5. The largest absolute Gasteiger partial charge is 0.467 e. The Hall–Kier alpha value is -3.45. The number of allylic oxidation sites excluding steroid dienone is 1. The number of esters is 1. The first-order valence-electron chi connectivity index (χ1n) is 11.6. The molecule has 0 saturated carbocycles. The first-order valence-corrected chi connectivity index (χ1v) is 11.6. The van der Waals surface area contributed by atoms with E-state index in [-0.39, 0.29) is 0 Å². The molecular weight excluding hydrogens is 432 g/mol. The molecule has 182 valence electrons. The molecule has 0 aliphatic heterocycles. The molecular formula is C27H34N2O5. The third-order valence-electron chi connectivity index (χ3n) is 5.52. The molecule has 3 atom stereocenters. The van der Waals surface area contributed by atoms with Crippen molar-refractivity contribution in [2.24, 2.45) is 0 Å². The van der Waals surface area contributed by atoms with Gasteiger partial charge in [-0.05, 0) is 37.0 Å². The summed E-state index contributed by atoms with van der Waals surface area (Å²) >= 11 is 0. The van der Waals surface area contributed by atoms with Crippen molar-refractivity contribution in [1.29, 1.82) is 0 Å². The van der Waals surface area contributed by atoms with Gasteiger partial charge in [-0.3, -0.25) is 9.59 Å². The van der Waals surface area contributed by atoms with Crippen LogP contribution in [0, 0.1) is 0 Å². The van der Waals surface area contributed by atoms with E-state index in [1.807, 2.05) is 6.08 Å². The number of aliphatic hydroxyl groups is 1. The van der Waals surface area contributed by atoms with Gasteiger partial charge in [0.1, 0.15) is 6.04 Å². The summed E-state index contributed by atoms with van der Waals surface area (Å²) in [6.07, 6.45) is 5.24. The van der Waals surface area contributed by atoms with Crippen molar-refractivity contribution in [1.82, 2.24) is 10.6 Å². The zero-order valence-corrected chi connectivity index (χ0v) is 19.6. The molecule has 2 aromatic rings. The summed E-state index contributed by atoms with van der Waals surface area (Å²) in [5, 5.41) is 16.3. The number of methoxy groups -OCH3 is 1. The van der Waals surface area contributed by atoms with E-state index < -0.39 is 36.0 Å². The van der Waals surface area contributed by atoms with E-state index in [2.05, 4.69) is 17.2 Å². The molecule has 0 heterocycles. The van der Waals surface area contributed by atoms with Crippen LogP contribution >= 0.6 is 0 Å². The van der Waals surface area contributed by atoms with Gasteiger partial charge in [-0.1, -0.05) is 73.9 Å². The van der Waals surface area contributed by atoms with Gasteiger partial charge in [0.25, 0.3) is 11.8 Å². The fourth-order valence-electron chi connectivity index (χ4n) is 3.61. The lowest BCUT2D eigenvalue weighted by Crippen LogP contribution is -2.50. The maximum atomic E-state index is 12.9. The molecule has 2 amide bonds. The number of rotatable bonds is 14. The molecule has 2 rings (SSSR count). The number of hydrogen-bond acceptors (Lipinski definition) is 5. The topological polar surface area (TPSA) is 105 Å². The molecule has 34 heavy (non-hydrogen) atoms. The van der Waals surface area contributed by atoms with Crippen molar-refractivity contribution in [3.8, 4) is 0 Å². The molecule has 0 aliphatic rings. The molecule has 0 bridgehead atoms. The van der Waals surface area contributed by atoms with Crippen molar-refractivity contribution in [3.05, 3.63) is 84.4 Å². The van der Waals surface area contributed by atoms with Crippen molar-refractivity contribution in [2.75, 3.05) is 7.11 Å². The van der Waals surface area contributed by atoms with Crippen LogP contribution in [0.2, 0.25) is 0 Å². The van der Waals surface area contributed by atoms with E-state index in [4.69, 9.17) is 4.74 Å². The molecule has 0 radical (unpaired) electrons. The highest BCUT2D eigenvalue weighted by molar-refractivity contribution is 5.95. The van der Waals surface area contributed by atoms with Crippen LogP contribution in [0.25, 0.3) is 0 Å². The molecule has 0 unspecified atom stereocenters. The maximum Gasteiger partial charge on any atom is 0.328 e. The fraction of sp³-hybridized carbons (Fsp3) is 0.370. The van der Waals surface area contributed by atoms with Crippen molar-refractivity contribution in [3.63, 3.8) is 0 Å². The van der Waals surface area contributed by atoms with Crippen LogP contribution in [0.4, 0.5) is 0 Å². The van der Waals surface area contributed by atoms with E-state index in [0.29, 0.717) is 17.5 Å². The van der Waals surface area contributed by atoms with E-state index in [0.717, 1.165) is 32.1 Å². The highest BCUT2D eigenvalue weighted by atomic mass is 16.5. The number of hydrogen-bond donors (Lipinski definition) is 3. The number of benzene rings is 2. The Morgan fingerprint density at radius 3 is 2.18 bits per heavy atom. The first-order chi connectivity index (χ1) is 16.5. The van der Waals surface area contributed by atoms with Gasteiger partial charge in [0.05, 0.1) is 13.2 Å². The average Bonchev–Trinajstić information content (AvgIpc) is 2.88. The second-order valence-electron chi connectivity index (χ2n) is 8.04. The average molecular weight is 467 g/mol. The van der Waals surface area contributed by atoms with Crippen LogP contribution in [0.1, 0.15) is 60.5 Å². The smallest absolute Gasteiger partial charge is 0.328 e. The van der Waals surface area contributed by atoms with Crippen molar-refractivity contribution < 1.29 is 24.2 Å². The van der Waals surface area contributed by atoms with Gasteiger partial charge in [-0.25, -0.2) is 4.79 Å². The summed E-state index contributed by atoms with van der Waals surface area (Å²) in [7, 11) is 1.26. The molecule has 0 saturated heterocycles. The summed E-state index contributed by atoms with van der Waals surface area (Å²) in [6.45, 7) is 3.70. The quantitative estimate of drug-likeness (QED) is 0.224. The summed E-state index contributed by atoms with van der Waals surface area (Å²) < 4.78 is 4.84. The third-order valence-corrected chi connectivity index (χ3v) is 5.52. The summed E-state index contributed by atoms with van der Waals surface area (Å²) in [5.41, 5.74) is 0.964. The maximum absolute atomic E-state index is 12.9. The van der Waals surface area contributed by atoms with Crippen molar-refractivity contribution >= 4 is 17.8 Å². The van der Waals surface area contributed by atoms with Crippen LogP contribution in [-0.4, -0.2) is 42.1 Å². The van der Waals surface area contributed by atoms with Gasteiger partial charge < -0.3 is 20.5 Å². The van der Waals surface area contributed by atoms with E-state index >= 15 is 0 Å². The number of amides is 2. The molecule has 0 aliphatic carbocycles. The first kappa shape index (κ1) is 26.8. The lowest BCUT2D eigenvalue weighted by Gasteiger charge is -2.26. The SMILES string of the molecule is C=CCCCCCC[C@H](NC(=O)[C@H](O)[C@@H](NC(=O)c1ccccc1)c1ccccc1)C(=O)OC. The number of unbranched alkanes of at least 4 members (excludes halogenated alkanes) is 4. The van der Waals surface area contributed by atoms with Crippen LogP contribution < -0.4 is 10.6 Å². The number of carbonyl (C=O) groups excluding carboxylic acids is 3. The zero-order chi connectivity index (χ0) is 24.8. The van der Waals surface area contributed by atoms with Gasteiger partial charge in [0.15, 0.2) is 6.10 Å². The number of ether oxygens (including phenoxy) is 1. The fourth-order valence-corrected chi connectivity index (χ4v) is 3.61. The molecule has 7 heteroatoms. The van der Waals surface area contributed by atoms with Crippen LogP contribution in [0.15, 0.2) is 73.3 Å². The zero-order valence-electron chi connectivity index (χ0n) is 19.6. The van der Waals surface area contributed by atoms with Crippen LogP contribution in [0.3, 0.4) is 0 Å². The Bertz CT molecular complexity index is 917. The van der Waals surface area contributed by atoms with Gasteiger partial charge in [-0.2, -0.15) is 0 Å². The highest BCUT2D eigenvalue weighted by Crippen LogP contribution is 2.19. The minimum Gasteiger partial charge on any atom is -0.467 e. The van der Waals surface area contributed by atoms with Crippen LogP contribution in [0.5, 0.6) is 0 Å². The van der Waals surface area contributed by atoms with E-state index in [9.17, 15) is 19.5 Å². The molecule has 7 nitrogen and oxygen atoms in total. The van der Waals surface area contributed by atoms with E-state index in [1.54, 1.807) is 60.7 Å². The Balaban J connectivity index is 2.09. The number of nitrogens with one attached hydrogen (secondary N) is 2. The van der Waals surface area contributed by atoms with Gasteiger partial charge in [-0.15, -0.1) is 6.58 Å². The highest BCUT2D eigenvalue weighted by Gasteiger charge is 2.32. The second kappa shape index (κ2) is 14.6. The lowest BCUT2D eigenvalue weighted by molar-refractivity contribution is -0.146. The molecule has 0 fully saturated rings. The summed E-state index contributed by atoms with van der Waals surface area (Å²) in [5.74, 6) is -1.76. The minimum atomic E-state index is -1.62. The molecule has 0 spiro atoms. The lowest BCUT2D eigenvalue weighted by atomic mass is 9.99. The predicted octanol–water partition coefficient (Wildman–Crippen LogP) is 3.70.